The van der Waals surface area contributed by atoms with Crippen LogP contribution in [0.2, 0.25) is 5.02 Å². The number of amides is 1. The van der Waals surface area contributed by atoms with E-state index in [1.54, 1.807) is 0 Å². The first-order valence-electron chi connectivity index (χ1n) is 6.60. The van der Waals surface area contributed by atoms with Crippen molar-refractivity contribution in [1.29, 1.82) is 0 Å². The van der Waals surface area contributed by atoms with Gasteiger partial charge in [-0.1, -0.05) is 23.7 Å². The van der Waals surface area contributed by atoms with Crippen LogP contribution in [-0.4, -0.2) is 39.1 Å². The molecule has 3 rings (SSSR count). The van der Waals surface area contributed by atoms with Gasteiger partial charge in [-0.25, -0.2) is 4.98 Å². The van der Waals surface area contributed by atoms with E-state index in [9.17, 15) is 4.79 Å². The molecule has 104 valence electrons. The Kier molecular flexibility index (Phi) is 3.69. The summed E-state index contributed by atoms with van der Waals surface area (Å²) in [6.07, 6.45) is 2.86. The van der Waals surface area contributed by atoms with E-state index in [-0.39, 0.29) is 11.8 Å². The van der Waals surface area contributed by atoms with Crippen LogP contribution in [0.15, 0.2) is 30.6 Å². The molecule has 2 aromatic rings. The number of likely N-dealkylation sites (tertiary alicyclic amines) is 1. The Morgan fingerprint density at radius 2 is 2.20 bits per heavy atom. The number of hydrogen-bond acceptors (Lipinski definition) is 3. The first kappa shape index (κ1) is 13.1. The van der Waals surface area contributed by atoms with Crippen molar-refractivity contribution >= 4 is 17.5 Å². The van der Waals surface area contributed by atoms with Crippen LogP contribution in [0.5, 0.6) is 0 Å². The molecular formula is C14H15ClN4O. The van der Waals surface area contributed by atoms with Crippen LogP contribution in [-0.2, 0) is 11.2 Å². The van der Waals surface area contributed by atoms with E-state index in [2.05, 4.69) is 15.2 Å². The summed E-state index contributed by atoms with van der Waals surface area (Å²) in [5.41, 5.74) is 0.988. The number of aromatic nitrogens is 3. The van der Waals surface area contributed by atoms with Crippen molar-refractivity contribution in [2.24, 2.45) is 0 Å². The lowest BCUT2D eigenvalue weighted by Crippen LogP contribution is -2.29. The van der Waals surface area contributed by atoms with Gasteiger partial charge in [0.25, 0.3) is 0 Å². The number of nitrogens with one attached hydrogen (secondary N) is 1. The third-order valence-electron chi connectivity index (χ3n) is 3.63. The van der Waals surface area contributed by atoms with Gasteiger partial charge < -0.3 is 4.90 Å². The molecule has 1 atom stereocenters. The van der Waals surface area contributed by atoms with Crippen molar-refractivity contribution in [3.05, 3.63) is 47.0 Å². The monoisotopic (exact) mass is 290 g/mol. The third kappa shape index (κ3) is 2.82. The average molecular weight is 291 g/mol. The third-order valence-corrected chi connectivity index (χ3v) is 3.88. The summed E-state index contributed by atoms with van der Waals surface area (Å²) in [6.45, 7) is 1.49. The molecule has 1 aromatic carbocycles. The number of H-pyrrole nitrogens is 1. The van der Waals surface area contributed by atoms with Crippen molar-refractivity contribution < 1.29 is 4.79 Å². The van der Waals surface area contributed by atoms with Gasteiger partial charge in [-0.05, 0) is 24.1 Å². The number of carbonyl (C=O) groups excluding carboxylic acids is 1. The van der Waals surface area contributed by atoms with Crippen LogP contribution in [0.1, 0.15) is 23.7 Å². The Labute approximate surface area is 122 Å². The predicted octanol–water partition coefficient (Wildman–Crippen LogP) is 2.02. The minimum Gasteiger partial charge on any atom is -0.342 e. The highest BCUT2D eigenvalue weighted by atomic mass is 35.5. The van der Waals surface area contributed by atoms with Crippen LogP contribution >= 0.6 is 11.6 Å². The lowest BCUT2D eigenvalue weighted by Gasteiger charge is -2.16. The molecule has 1 fully saturated rings. The van der Waals surface area contributed by atoms with E-state index in [1.807, 2.05) is 29.2 Å². The van der Waals surface area contributed by atoms with Crippen molar-refractivity contribution in [2.45, 2.75) is 18.8 Å². The van der Waals surface area contributed by atoms with Gasteiger partial charge in [0.15, 0.2) is 0 Å². The van der Waals surface area contributed by atoms with Crippen LogP contribution < -0.4 is 0 Å². The molecule has 1 amide bonds. The molecule has 20 heavy (non-hydrogen) atoms. The number of carbonyl (C=O) groups is 1. The number of nitrogens with zero attached hydrogens (tertiary/aromatic N) is 3. The Hall–Kier alpha value is -1.88. The van der Waals surface area contributed by atoms with Crippen LogP contribution in [0, 0.1) is 0 Å². The smallest absolute Gasteiger partial charge is 0.227 e. The quantitative estimate of drug-likeness (QED) is 0.941. The van der Waals surface area contributed by atoms with Gasteiger partial charge >= 0.3 is 0 Å². The van der Waals surface area contributed by atoms with Gasteiger partial charge in [-0.15, -0.1) is 0 Å². The van der Waals surface area contributed by atoms with E-state index in [1.165, 1.54) is 6.33 Å². The van der Waals surface area contributed by atoms with Gasteiger partial charge in [0.2, 0.25) is 5.91 Å². The Morgan fingerprint density at radius 3 is 2.90 bits per heavy atom. The van der Waals surface area contributed by atoms with Crippen molar-refractivity contribution in [3.8, 4) is 0 Å². The molecule has 1 aromatic heterocycles. The summed E-state index contributed by atoms with van der Waals surface area (Å²) in [4.78, 5) is 18.3. The molecule has 5 nitrogen and oxygen atoms in total. The molecule has 0 aliphatic carbocycles. The molecule has 1 unspecified atom stereocenters. The molecule has 1 N–H and O–H groups in total. The molecule has 1 aliphatic heterocycles. The summed E-state index contributed by atoms with van der Waals surface area (Å²) in [5, 5.41) is 7.43. The molecule has 0 radical (unpaired) electrons. The highest BCUT2D eigenvalue weighted by Crippen LogP contribution is 2.24. The number of benzene rings is 1. The first-order chi connectivity index (χ1) is 9.72. The summed E-state index contributed by atoms with van der Waals surface area (Å²) in [6, 6.07) is 7.41. The molecule has 1 saturated heterocycles. The maximum atomic E-state index is 12.3. The maximum absolute atomic E-state index is 12.3. The molecule has 0 bridgehead atoms. The Bertz CT molecular complexity index is 582. The minimum absolute atomic E-state index is 0.148. The van der Waals surface area contributed by atoms with Crippen molar-refractivity contribution in [1.82, 2.24) is 20.1 Å². The zero-order valence-electron chi connectivity index (χ0n) is 10.9. The summed E-state index contributed by atoms with van der Waals surface area (Å²) in [5.74, 6) is 1.28. The highest BCUT2D eigenvalue weighted by Gasteiger charge is 2.28. The van der Waals surface area contributed by atoms with Crippen molar-refractivity contribution in [2.75, 3.05) is 13.1 Å². The minimum atomic E-state index is 0.148. The summed E-state index contributed by atoms with van der Waals surface area (Å²) in [7, 11) is 0. The number of halogens is 1. The zero-order valence-corrected chi connectivity index (χ0v) is 11.7. The molecular weight excluding hydrogens is 276 g/mol. The number of rotatable bonds is 3. The molecule has 1 aliphatic rings. The van der Waals surface area contributed by atoms with Gasteiger partial charge in [0.1, 0.15) is 12.2 Å². The van der Waals surface area contributed by atoms with E-state index in [0.29, 0.717) is 18.0 Å². The molecule has 0 spiro atoms. The Morgan fingerprint density at radius 1 is 1.40 bits per heavy atom. The molecule has 6 heteroatoms. The fourth-order valence-corrected chi connectivity index (χ4v) is 2.64. The summed E-state index contributed by atoms with van der Waals surface area (Å²) >= 11 is 5.84. The first-order valence-corrected chi connectivity index (χ1v) is 6.97. The van der Waals surface area contributed by atoms with Crippen LogP contribution in [0.3, 0.4) is 0 Å². The fourth-order valence-electron chi connectivity index (χ4n) is 2.51. The second-order valence-corrected chi connectivity index (χ2v) is 5.44. The largest absolute Gasteiger partial charge is 0.342 e. The van der Waals surface area contributed by atoms with Gasteiger partial charge in [-0.2, -0.15) is 5.10 Å². The zero-order chi connectivity index (χ0) is 13.9. The van der Waals surface area contributed by atoms with Gasteiger partial charge in [0.05, 0.1) is 6.42 Å². The van der Waals surface area contributed by atoms with E-state index in [0.717, 1.165) is 24.4 Å². The predicted molar refractivity (Wildman–Crippen MR) is 75.5 cm³/mol. The lowest BCUT2D eigenvalue weighted by atomic mass is 10.1. The average Bonchev–Trinajstić information content (AvgIpc) is 3.11. The summed E-state index contributed by atoms with van der Waals surface area (Å²) < 4.78 is 0. The maximum Gasteiger partial charge on any atom is 0.227 e. The van der Waals surface area contributed by atoms with Crippen molar-refractivity contribution in [3.63, 3.8) is 0 Å². The normalized spacial score (nSPS) is 18.4. The van der Waals surface area contributed by atoms with E-state index < -0.39 is 0 Å². The van der Waals surface area contributed by atoms with E-state index in [4.69, 9.17) is 11.6 Å². The second kappa shape index (κ2) is 5.63. The van der Waals surface area contributed by atoms with Crippen LogP contribution in [0.25, 0.3) is 0 Å². The lowest BCUT2D eigenvalue weighted by molar-refractivity contribution is -0.129. The SMILES string of the molecule is O=C(Cc1ccc(Cl)cc1)N1CCC(c2ncn[nH]2)C1. The highest BCUT2D eigenvalue weighted by molar-refractivity contribution is 6.30. The van der Waals surface area contributed by atoms with Crippen LogP contribution in [0.4, 0.5) is 0 Å². The van der Waals surface area contributed by atoms with Gasteiger partial charge in [0, 0.05) is 24.0 Å². The molecule has 0 saturated carbocycles. The number of aromatic amines is 1. The standard InChI is InChI=1S/C14H15ClN4O/c15-12-3-1-10(2-4-12)7-13(20)19-6-5-11(8-19)14-16-9-17-18-14/h1-4,9,11H,5-8H2,(H,16,17,18). The second-order valence-electron chi connectivity index (χ2n) is 5.00. The van der Waals surface area contributed by atoms with E-state index >= 15 is 0 Å². The molecule has 2 heterocycles. The number of hydrogen-bond donors (Lipinski definition) is 1. The Balaban J connectivity index is 1.60. The fraction of sp³-hybridized carbons (Fsp3) is 0.357. The van der Waals surface area contributed by atoms with Gasteiger partial charge in [-0.3, -0.25) is 9.89 Å². The topological polar surface area (TPSA) is 61.9 Å².